The lowest BCUT2D eigenvalue weighted by Gasteiger charge is -2.10. The van der Waals surface area contributed by atoms with Crippen molar-refractivity contribution in [3.05, 3.63) is 77.8 Å². The molecule has 0 aromatic heterocycles. The fourth-order valence-electron chi connectivity index (χ4n) is 2.41. The van der Waals surface area contributed by atoms with E-state index in [0.29, 0.717) is 22.1 Å². The van der Waals surface area contributed by atoms with Gasteiger partial charge in [-0.25, -0.2) is 4.79 Å². The van der Waals surface area contributed by atoms with E-state index in [2.05, 4.69) is 10.6 Å². The normalized spacial score (nSPS) is 10.2. The van der Waals surface area contributed by atoms with Gasteiger partial charge in [0.25, 0.3) is 0 Å². The summed E-state index contributed by atoms with van der Waals surface area (Å²) in [5, 5.41) is 5.97. The van der Waals surface area contributed by atoms with Crippen molar-refractivity contribution in [1.82, 2.24) is 0 Å². The van der Waals surface area contributed by atoms with Crippen molar-refractivity contribution in [2.24, 2.45) is 0 Å². The summed E-state index contributed by atoms with van der Waals surface area (Å²) in [5.74, 6) is 0.559. The second-order valence-electron chi connectivity index (χ2n) is 5.37. The minimum Gasteiger partial charge on any atom is -0.495 e. The first-order valence-corrected chi connectivity index (χ1v) is 8.10. The monoisotopic (exact) mass is 352 g/mol. The highest BCUT2D eigenvalue weighted by Gasteiger charge is 2.06. The zero-order chi connectivity index (χ0) is 17.6. The van der Waals surface area contributed by atoms with Gasteiger partial charge in [-0.1, -0.05) is 54.1 Å². The second kappa shape index (κ2) is 7.73. The predicted molar refractivity (Wildman–Crippen MR) is 103 cm³/mol. The molecular formula is C20H17ClN2O2. The van der Waals surface area contributed by atoms with Gasteiger partial charge in [0.2, 0.25) is 0 Å². The van der Waals surface area contributed by atoms with E-state index in [1.165, 1.54) is 0 Å². The summed E-state index contributed by atoms with van der Waals surface area (Å²) in [6.45, 7) is 0. The molecule has 0 saturated heterocycles. The van der Waals surface area contributed by atoms with Crippen LogP contribution in [0.1, 0.15) is 0 Å². The Labute approximate surface area is 151 Å². The van der Waals surface area contributed by atoms with Crippen molar-refractivity contribution in [1.29, 1.82) is 0 Å². The lowest BCUT2D eigenvalue weighted by atomic mass is 10.1. The first kappa shape index (κ1) is 16.9. The van der Waals surface area contributed by atoms with Gasteiger partial charge in [0.15, 0.2) is 0 Å². The lowest BCUT2D eigenvalue weighted by Crippen LogP contribution is -2.19. The van der Waals surface area contributed by atoms with Crippen LogP contribution in [0.25, 0.3) is 11.1 Å². The van der Waals surface area contributed by atoms with Crippen LogP contribution in [-0.4, -0.2) is 13.1 Å². The largest absolute Gasteiger partial charge is 0.495 e. The number of amides is 2. The van der Waals surface area contributed by atoms with Gasteiger partial charge < -0.3 is 15.4 Å². The van der Waals surface area contributed by atoms with Gasteiger partial charge in [0.05, 0.1) is 12.1 Å². The molecule has 0 radical (unpaired) electrons. The van der Waals surface area contributed by atoms with E-state index in [0.717, 1.165) is 11.1 Å². The van der Waals surface area contributed by atoms with Gasteiger partial charge in [-0.15, -0.1) is 0 Å². The zero-order valence-electron chi connectivity index (χ0n) is 13.6. The zero-order valence-corrected chi connectivity index (χ0v) is 14.4. The maximum Gasteiger partial charge on any atom is 0.323 e. The van der Waals surface area contributed by atoms with Gasteiger partial charge in [0, 0.05) is 11.4 Å². The van der Waals surface area contributed by atoms with E-state index in [1.807, 2.05) is 54.6 Å². The Kier molecular flexibility index (Phi) is 5.21. The molecule has 0 unspecified atom stereocenters. The molecule has 0 aliphatic rings. The summed E-state index contributed by atoms with van der Waals surface area (Å²) < 4.78 is 5.09. The second-order valence-corrected chi connectivity index (χ2v) is 5.78. The number of ether oxygens (including phenoxy) is 1. The Morgan fingerprint density at radius 1 is 0.840 bits per heavy atom. The number of hydrogen-bond acceptors (Lipinski definition) is 2. The SMILES string of the molecule is COc1ccc(NC(=O)Nc2ccc(-c3ccccc3)cc2)cc1Cl. The van der Waals surface area contributed by atoms with E-state index in [9.17, 15) is 4.79 Å². The molecule has 3 aromatic carbocycles. The van der Waals surface area contributed by atoms with Crippen molar-refractivity contribution >= 4 is 29.0 Å². The Morgan fingerprint density at radius 3 is 2.08 bits per heavy atom. The molecule has 0 heterocycles. The first-order valence-electron chi connectivity index (χ1n) is 7.73. The predicted octanol–water partition coefficient (Wildman–Crippen LogP) is 5.66. The van der Waals surface area contributed by atoms with Gasteiger partial charge in [-0.3, -0.25) is 0 Å². The molecule has 0 aliphatic heterocycles. The molecule has 0 aliphatic carbocycles. The van der Waals surface area contributed by atoms with Crippen LogP contribution in [0.4, 0.5) is 16.2 Å². The standard InChI is InChI=1S/C20H17ClN2O2/c1-25-19-12-11-17(13-18(19)21)23-20(24)22-16-9-7-15(8-10-16)14-5-3-2-4-6-14/h2-13H,1H3,(H2,22,23,24). The van der Waals surface area contributed by atoms with Crippen LogP contribution in [0, 0.1) is 0 Å². The highest BCUT2D eigenvalue weighted by Crippen LogP contribution is 2.27. The molecule has 0 bridgehead atoms. The third kappa shape index (κ3) is 4.31. The molecule has 0 spiro atoms. The van der Waals surface area contributed by atoms with Crippen LogP contribution in [0.3, 0.4) is 0 Å². The summed E-state index contributed by atoms with van der Waals surface area (Å²) in [7, 11) is 1.54. The summed E-state index contributed by atoms with van der Waals surface area (Å²) in [6, 6.07) is 22.4. The van der Waals surface area contributed by atoms with Gasteiger partial charge in [-0.05, 0) is 41.5 Å². The summed E-state index contributed by atoms with van der Waals surface area (Å²) in [4.78, 5) is 12.1. The van der Waals surface area contributed by atoms with Crippen molar-refractivity contribution in [2.45, 2.75) is 0 Å². The van der Waals surface area contributed by atoms with Crippen LogP contribution < -0.4 is 15.4 Å². The van der Waals surface area contributed by atoms with Crippen LogP contribution in [0.5, 0.6) is 5.75 Å². The molecule has 2 N–H and O–H groups in total. The van der Waals surface area contributed by atoms with Crippen LogP contribution in [0.15, 0.2) is 72.8 Å². The maximum atomic E-state index is 12.1. The maximum absolute atomic E-state index is 12.1. The van der Waals surface area contributed by atoms with Crippen molar-refractivity contribution in [2.75, 3.05) is 17.7 Å². The summed E-state index contributed by atoms with van der Waals surface area (Å²) >= 11 is 6.05. The number of benzene rings is 3. The third-order valence-electron chi connectivity index (χ3n) is 3.66. The Balaban J connectivity index is 1.64. The number of anilines is 2. The molecule has 4 nitrogen and oxygen atoms in total. The van der Waals surface area contributed by atoms with Crippen LogP contribution in [0.2, 0.25) is 5.02 Å². The molecular weight excluding hydrogens is 336 g/mol. The Morgan fingerprint density at radius 2 is 1.44 bits per heavy atom. The molecule has 0 fully saturated rings. The smallest absolute Gasteiger partial charge is 0.323 e. The molecule has 5 heteroatoms. The minimum absolute atomic E-state index is 0.339. The number of carbonyl (C=O) groups is 1. The number of methoxy groups -OCH3 is 1. The number of carbonyl (C=O) groups excluding carboxylic acids is 1. The fraction of sp³-hybridized carbons (Fsp3) is 0.0500. The topological polar surface area (TPSA) is 50.4 Å². The number of halogens is 1. The number of hydrogen-bond donors (Lipinski definition) is 2. The van der Waals surface area contributed by atoms with Crippen molar-refractivity contribution in [3.8, 4) is 16.9 Å². The van der Waals surface area contributed by atoms with Crippen LogP contribution in [-0.2, 0) is 0 Å². The summed E-state index contributed by atoms with van der Waals surface area (Å²) in [6.07, 6.45) is 0. The quantitative estimate of drug-likeness (QED) is 0.636. The van der Waals surface area contributed by atoms with Gasteiger partial charge >= 0.3 is 6.03 Å². The molecule has 25 heavy (non-hydrogen) atoms. The third-order valence-corrected chi connectivity index (χ3v) is 3.95. The first-order chi connectivity index (χ1) is 12.2. The minimum atomic E-state index is -0.339. The Bertz CT molecular complexity index is 865. The number of urea groups is 1. The molecule has 126 valence electrons. The number of rotatable bonds is 4. The molecule has 2 amide bonds. The summed E-state index contributed by atoms with van der Waals surface area (Å²) in [5.41, 5.74) is 3.51. The average Bonchev–Trinajstić information content (AvgIpc) is 2.63. The highest BCUT2D eigenvalue weighted by molar-refractivity contribution is 6.32. The fourth-order valence-corrected chi connectivity index (χ4v) is 2.67. The Hall–Kier alpha value is -2.98. The van der Waals surface area contributed by atoms with E-state index >= 15 is 0 Å². The van der Waals surface area contributed by atoms with Gasteiger partial charge in [-0.2, -0.15) is 0 Å². The van der Waals surface area contributed by atoms with Gasteiger partial charge in [0.1, 0.15) is 5.75 Å². The van der Waals surface area contributed by atoms with Crippen molar-refractivity contribution < 1.29 is 9.53 Å². The van der Waals surface area contributed by atoms with Crippen LogP contribution >= 0.6 is 11.6 Å². The molecule has 0 atom stereocenters. The molecule has 0 saturated carbocycles. The molecule has 3 aromatic rings. The lowest BCUT2D eigenvalue weighted by molar-refractivity contribution is 0.262. The van der Waals surface area contributed by atoms with E-state index in [-0.39, 0.29) is 6.03 Å². The highest BCUT2D eigenvalue weighted by atomic mass is 35.5. The molecule has 3 rings (SSSR count). The average molecular weight is 353 g/mol. The van der Waals surface area contributed by atoms with E-state index in [4.69, 9.17) is 16.3 Å². The van der Waals surface area contributed by atoms with E-state index in [1.54, 1.807) is 25.3 Å². The number of nitrogens with one attached hydrogen (secondary N) is 2. The van der Waals surface area contributed by atoms with E-state index < -0.39 is 0 Å². The van der Waals surface area contributed by atoms with Crippen molar-refractivity contribution in [3.63, 3.8) is 0 Å².